The monoisotopic (exact) mass is 827 g/mol. The van der Waals surface area contributed by atoms with Crippen molar-refractivity contribution in [2.45, 2.75) is 10.8 Å². The van der Waals surface area contributed by atoms with Crippen molar-refractivity contribution in [3.05, 3.63) is 316 Å². The highest BCUT2D eigenvalue weighted by atomic mass is 15.1. The molecule has 0 heterocycles. The molecule has 12 rings (SSSR count). The Balaban J connectivity index is 0.993. The molecule has 0 bridgehead atoms. The Kier molecular flexibility index (Phi) is 9.35. The minimum atomic E-state index is -0.474. The van der Waals surface area contributed by atoms with E-state index in [0.717, 1.165) is 17.1 Å². The molecule has 0 aliphatic heterocycles. The maximum atomic E-state index is 2.41. The molecule has 10 aromatic carbocycles. The molecule has 0 radical (unpaired) electrons. The van der Waals surface area contributed by atoms with Crippen LogP contribution in [0.25, 0.3) is 34.1 Å². The van der Waals surface area contributed by atoms with E-state index in [-0.39, 0.29) is 0 Å². The predicted octanol–water partition coefficient (Wildman–Crippen LogP) is 16.1. The fraction of sp³-hybridized carbons (Fsp3) is 0.0312. The summed E-state index contributed by atoms with van der Waals surface area (Å²) in [6.07, 6.45) is 4.82. The Bertz CT molecular complexity index is 3110. The minimum absolute atomic E-state index is 0.474. The smallest absolute Gasteiger partial charge is 0.0713 e. The second-order valence-corrected chi connectivity index (χ2v) is 17.2. The molecule has 0 fully saturated rings. The summed E-state index contributed by atoms with van der Waals surface area (Å²) in [6, 6.07) is 95.8. The van der Waals surface area contributed by atoms with Crippen LogP contribution in [0, 0.1) is 0 Å². The summed E-state index contributed by atoms with van der Waals surface area (Å²) in [5.74, 6) is 0. The van der Waals surface area contributed by atoms with Crippen LogP contribution in [-0.4, -0.2) is 0 Å². The fourth-order valence-corrected chi connectivity index (χ4v) is 11.0. The number of rotatable bonds is 9. The first-order chi connectivity index (χ1) is 32.2. The zero-order valence-electron chi connectivity index (χ0n) is 35.9. The number of hydrogen-bond acceptors (Lipinski definition) is 1. The number of hydrogen-bond donors (Lipinski definition) is 0. The number of benzene rings is 10. The SMILES string of the molecule is C1=C(c2ccc(N(c3ccc(C4=Cc5ccccc5C4(c4ccccc4)c4ccccc4)cc3)c3ccc4ccccc4c3)cc2)C(c2ccccc2)(c2ccccc2)c2ccccc21. The summed E-state index contributed by atoms with van der Waals surface area (Å²) in [4.78, 5) is 2.40. The topological polar surface area (TPSA) is 3.24 Å². The summed E-state index contributed by atoms with van der Waals surface area (Å²) in [5.41, 5.74) is 17.4. The first-order valence-electron chi connectivity index (χ1n) is 22.6. The summed E-state index contributed by atoms with van der Waals surface area (Å²) in [5, 5.41) is 2.43. The van der Waals surface area contributed by atoms with Crippen molar-refractivity contribution < 1.29 is 0 Å². The van der Waals surface area contributed by atoms with Crippen molar-refractivity contribution >= 4 is 51.1 Å². The van der Waals surface area contributed by atoms with Gasteiger partial charge < -0.3 is 4.90 Å². The summed E-state index contributed by atoms with van der Waals surface area (Å²) in [7, 11) is 0. The Morgan fingerprint density at radius 2 is 0.600 bits per heavy atom. The third kappa shape index (κ3) is 6.15. The number of allylic oxidation sites excluding steroid dienone is 2. The van der Waals surface area contributed by atoms with Gasteiger partial charge in [0.05, 0.1) is 10.8 Å². The van der Waals surface area contributed by atoms with Crippen molar-refractivity contribution in [1.29, 1.82) is 0 Å². The van der Waals surface area contributed by atoms with Gasteiger partial charge in [-0.2, -0.15) is 0 Å². The first kappa shape index (κ1) is 38.4. The van der Waals surface area contributed by atoms with Crippen LogP contribution in [0.3, 0.4) is 0 Å². The molecule has 0 aromatic heterocycles. The summed E-state index contributed by atoms with van der Waals surface area (Å²) >= 11 is 0. The van der Waals surface area contributed by atoms with Gasteiger partial charge in [0.2, 0.25) is 0 Å². The van der Waals surface area contributed by atoms with Gasteiger partial charge in [-0.15, -0.1) is 0 Å². The average Bonchev–Trinajstić information content (AvgIpc) is 3.93. The lowest BCUT2D eigenvalue weighted by Crippen LogP contribution is -2.29. The predicted molar refractivity (Wildman–Crippen MR) is 273 cm³/mol. The van der Waals surface area contributed by atoms with E-state index in [0.29, 0.717) is 0 Å². The molecule has 65 heavy (non-hydrogen) atoms. The van der Waals surface area contributed by atoms with Crippen LogP contribution in [0.5, 0.6) is 0 Å². The molecule has 0 N–H and O–H groups in total. The van der Waals surface area contributed by atoms with Gasteiger partial charge in [-0.3, -0.25) is 0 Å². The molecule has 0 unspecified atom stereocenters. The Morgan fingerprint density at radius 1 is 0.262 bits per heavy atom. The lowest BCUT2D eigenvalue weighted by Gasteiger charge is -2.36. The molecule has 0 saturated carbocycles. The van der Waals surface area contributed by atoms with Crippen LogP contribution in [0.15, 0.2) is 261 Å². The highest BCUT2D eigenvalue weighted by molar-refractivity contribution is 6.01. The molecule has 1 nitrogen and oxygen atoms in total. The van der Waals surface area contributed by atoms with E-state index in [1.54, 1.807) is 0 Å². The van der Waals surface area contributed by atoms with E-state index in [1.165, 1.54) is 77.6 Å². The molecule has 2 aliphatic rings. The number of fused-ring (bicyclic) bond motifs is 3. The van der Waals surface area contributed by atoms with Crippen LogP contribution in [0.2, 0.25) is 0 Å². The summed E-state index contributed by atoms with van der Waals surface area (Å²) in [6.45, 7) is 0. The Labute approximate surface area is 381 Å². The van der Waals surface area contributed by atoms with E-state index < -0.39 is 10.8 Å². The molecular weight excluding hydrogens is 783 g/mol. The zero-order valence-corrected chi connectivity index (χ0v) is 35.9. The highest BCUT2D eigenvalue weighted by Gasteiger charge is 2.46. The standard InChI is InChI=1S/C64H45N/c1-5-23-52(24-6-1)63(53-25-7-2-8-26-53)59-31-17-15-21-50(59)44-61(63)47-34-38-56(39-35-47)65(58-42-33-46-19-13-14-20-49(46)43-58)57-40-36-48(37-41-57)62-45-51-22-16-18-32-60(51)64(62,54-27-9-3-10-28-54)55-29-11-4-12-30-55/h1-45H. The number of anilines is 3. The van der Waals surface area contributed by atoms with Crippen molar-refractivity contribution in [2.75, 3.05) is 4.90 Å². The van der Waals surface area contributed by atoms with Crippen LogP contribution >= 0.6 is 0 Å². The van der Waals surface area contributed by atoms with Gasteiger partial charge in [0.1, 0.15) is 0 Å². The number of nitrogens with zero attached hydrogens (tertiary/aromatic N) is 1. The van der Waals surface area contributed by atoms with Gasteiger partial charge in [-0.1, -0.05) is 224 Å². The van der Waals surface area contributed by atoms with Gasteiger partial charge in [-0.05, 0) is 126 Å². The lowest BCUT2D eigenvalue weighted by atomic mass is 9.65. The van der Waals surface area contributed by atoms with Crippen molar-refractivity contribution in [3.63, 3.8) is 0 Å². The first-order valence-corrected chi connectivity index (χ1v) is 22.6. The van der Waals surface area contributed by atoms with Crippen LogP contribution in [0.4, 0.5) is 17.1 Å². The maximum Gasteiger partial charge on any atom is 0.0713 e. The molecule has 0 atom stereocenters. The normalized spacial score (nSPS) is 14.3. The largest absolute Gasteiger partial charge is 0.310 e. The minimum Gasteiger partial charge on any atom is -0.310 e. The fourth-order valence-electron chi connectivity index (χ4n) is 11.0. The van der Waals surface area contributed by atoms with E-state index in [9.17, 15) is 0 Å². The third-order valence-electron chi connectivity index (χ3n) is 13.8. The molecule has 2 aliphatic carbocycles. The Morgan fingerprint density at radius 3 is 1.02 bits per heavy atom. The van der Waals surface area contributed by atoms with Crippen molar-refractivity contribution in [3.8, 4) is 0 Å². The van der Waals surface area contributed by atoms with E-state index >= 15 is 0 Å². The van der Waals surface area contributed by atoms with Crippen LogP contribution in [0.1, 0.15) is 55.6 Å². The molecule has 1 heteroatoms. The van der Waals surface area contributed by atoms with Crippen LogP contribution in [-0.2, 0) is 10.8 Å². The van der Waals surface area contributed by atoms with E-state index in [4.69, 9.17) is 0 Å². The van der Waals surface area contributed by atoms with E-state index in [2.05, 4.69) is 278 Å². The second kappa shape index (κ2) is 15.8. The Hall–Kier alpha value is -8.26. The molecule has 0 saturated heterocycles. The van der Waals surface area contributed by atoms with Crippen LogP contribution < -0.4 is 4.90 Å². The van der Waals surface area contributed by atoms with Gasteiger partial charge in [0.25, 0.3) is 0 Å². The quantitative estimate of drug-likeness (QED) is 0.140. The highest BCUT2D eigenvalue weighted by Crippen LogP contribution is 2.57. The van der Waals surface area contributed by atoms with Crippen molar-refractivity contribution in [2.24, 2.45) is 0 Å². The molecule has 0 spiro atoms. The molecule has 10 aromatic rings. The van der Waals surface area contributed by atoms with Gasteiger partial charge in [-0.25, -0.2) is 0 Å². The second-order valence-electron chi connectivity index (χ2n) is 17.2. The molecule has 0 amide bonds. The molecule has 306 valence electrons. The van der Waals surface area contributed by atoms with Gasteiger partial charge in [0, 0.05) is 17.1 Å². The lowest BCUT2D eigenvalue weighted by molar-refractivity contribution is 0.814. The zero-order chi connectivity index (χ0) is 43.2. The van der Waals surface area contributed by atoms with Gasteiger partial charge in [0.15, 0.2) is 0 Å². The average molecular weight is 828 g/mol. The third-order valence-corrected chi connectivity index (χ3v) is 13.8. The maximum absolute atomic E-state index is 2.41. The van der Waals surface area contributed by atoms with Gasteiger partial charge >= 0.3 is 0 Å². The van der Waals surface area contributed by atoms with E-state index in [1.807, 2.05) is 0 Å². The van der Waals surface area contributed by atoms with Crippen molar-refractivity contribution in [1.82, 2.24) is 0 Å². The summed E-state index contributed by atoms with van der Waals surface area (Å²) < 4.78 is 0. The molecular formula is C64H45N.